The number of sulfone groups is 1. The molecule has 1 aromatic rings. The molecule has 0 aliphatic carbocycles. The molecule has 0 atom stereocenters. The minimum Gasteiger partial charge on any atom is -0.294 e. The third-order valence-corrected chi connectivity index (χ3v) is 3.64. The lowest BCUT2D eigenvalue weighted by Crippen LogP contribution is -2.04. The molecule has 0 amide bonds. The molecule has 0 N–H and O–H groups in total. The van der Waals surface area contributed by atoms with E-state index in [1.807, 2.05) is 0 Å². The van der Waals surface area contributed by atoms with Crippen LogP contribution in [0.3, 0.4) is 0 Å². The summed E-state index contributed by atoms with van der Waals surface area (Å²) in [4.78, 5) is 12.0. The smallest absolute Gasteiger partial charge is 0.175 e. The average Bonchev–Trinajstić information content (AvgIpc) is 2.25. The van der Waals surface area contributed by atoms with Gasteiger partial charge in [-0.2, -0.15) is 0 Å². The lowest BCUT2D eigenvalue weighted by Gasteiger charge is -2.05. The van der Waals surface area contributed by atoms with Gasteiger partial charge < -0.3 is 0 Å². The van der Waals surface area contributed by atoms with E-state index in [-0.39, 0.29) is 10.7 Å². The summed E-state index contributed by atoms with van der Waals surface area (Å²) in [7, 11) is -3.24. The molecule has 17 heavy (non-hydrogen) atoms. The number of carbonyl (C=O) groups excluding carboxylic acids is 1. The van der Waals surface area contributed by atoms with Crippen LogP contribution in [0.4, 0.5) is 0 Å². The molecule has 0 aliphatic rings. The molecule has 0 spiro atoms. The predicted octanol–water partition coefficient (Wildman–Crippen LogP) is 2.71. The van der Waals surface area contributed by atoms with E-state index in [0.29, 0.717) is 17.9 Å². The molecule has 0 aromatic heterocycles. The van der Waals surface area contributed by atoms with E-state index in [9.17, 15) is 13.2 Å². The van der Waals surface area contributed by atoms with Crippen molar-refractivity contribution in [3.63, 3.8) is 0 Å². The van der Waals surface area contributed by atoms with Crippen LogP contribution in [0.25, 0.3) is 0 Å². The molecule has 1 aromatic carbocycles. The summed E-state index contributed by atoms with van der Waals surface area (Å²) < 4.78 is 22.7. The Balaban J connectivity index is 2.89. The van der Waals surface area contributed by atoms with Crippen molar-refractivity contribution in [1.82, 2.24) is 0 Å². The van der Waals surface area contributed by atoms with E-state index in [1.54, 1.807) is 12.1 Å². The van der Waals surface area contributed by atoms with Crippen LogP contribution in [0.2, 0.25) is 0 Å². The Labute approximate surface area is 103 Å². The minimum atomic E-state index is -3.24. The van der Waals surface area contributed by atoms with Gasteiger partial charge in [0.1, 0.15) is 0 Å². The Bertz CT molecular complexity index is 501. The third kappa shape index (κ3) is 4.30. The molecule has 94 valence electrons. The molecule has 0 heterocycles. The summed E-state index contributed by atoms with van der Waals surface area (Å²) in [5.41, 5.74) is 0.480. The van der Waals surface area contributed by atoms with E-state index in [1.165, 1.54) is 12.1 Å². The van der Waals surface area contributed by atoms with Crippen LogP contribution < -0.4 is 0 Å². The molecule has 1 rings (SSSR count). The lowest BCUT2D eigenvalue weighted by atomic mass is 10.0. The normalized spacial score (nSPS) is 11.8. The molecule has 0 radical (unpaired) electrons. The van der Waals surface area contributed by atoms with Crippen LogP contribution in [-0.4, -0.2) is 20.5 Å². The van der Waals surface area contributed by atoms with Gasteiger partial charge in [0.25, 0.3) is 0 Å². The standard InChI is InChI=1S/C13H18O3S/c1-10(2)7-8-13(14)11-5-4-6-12(9-11)17(3,15)16/h4-6,9-10H,7-8H2,1-3H3. The second-order valence-corrected chi connectivity index (χ2v) is 6.67. The molecular formula is C13H18O3S. The number of benzene rings is 1. The van der Waals surface area contributed by atoms with Crippen LogP contribution in [0.15, 0.2) is 29.2 Å². The number of hydrogen-bond donors (Lipinski definition) is 0. The fraction of sp³-hybridized carbons (Fsp3) is 0.462. The first-order valence-electron chi connectivity index (χ1n) is 5.64. The SMILES string of the molecule is CC(C)CCC(=O)c1cccc(S(C)(=O)=O)c1. The van der Waals surface area contributed by atoms with Crippen molar-refractivity contribution < 1.29 is 13.2 Å². The Morgan fingerprint density at radius 2 is 1.94 bits per heavy atom. The monoisotopic (exact) mass is 254 g/mol. The summed E-state index contributed by atoms with van der Waals surface area (Å²) in [6, 6.07) is 6.24. The Morgan fingerprint density at radius 3 is 2.47 bits per heavy atom. The van der Waals surface area contributed by atoms with Crippen molar-refractivity contribution in [2.45, 2.75) is 31.6 Å². The number of ketones is 1. The maximum absolute atomic E-state index is 11.8. The number of rotatable bonds is 5. The van der Waals surface area contributed by atoms with Gasteiger partial charge in [0.15, 0.2) is 15.6 Å². The first-order valence-corrected chi connectivity index (χ1v) is 7.53. The topological polar surface area (TPSA) is 51.2 Å². The van der Waals surface area contributed by atoms with Crippen LogP contribution in [-0.2, 0) is 9.84 Å². The molecule has 0 saturated heterocycles. The van der Waals surface area contributed by atoms with Crippen molar-refractivity contribution in [2.75, 3.05) is 6.26 Å². The minimum absolute atomic E-state index is 0.00389. The third-order valence-electron chi connectivity index (χ3n) is 2.53. The second-order valence-electron chi connectivity index (χ2n) is 4.66. The molecule has 0 fully saturated rings. The van der Waals surface area contributed by atoms with Gasteiger partial charge in [0.05, 0.1) is 4.90 Å². The first kappa shape index (κ1) is 13.9. The van der Waals surface area contributed by atoms with Crippen LogP contribution in [0.5, 0.6) is 0 Å². The molecule has 0 unspecified atom stereocenters. The summed E-state index contributed by atoms with van der Waals surface area (Å²) >= 11 is 0. The van der Waals surface area contributed by atoms with Gasteiger partial charge in [-0.25, -0.2) is 8.42 Å². The Kier molecular flexibility index (Phi) is 4.46. The highest BCUT2D eigenvalue weighted by Gasteiger charge is 2.11. The fourth-order valence-electron chi connectivity index (χ4n) is 1.46. The van der Waals surface area contributed by atoms with Gasteiger partial charge in [-0.3, -0.25) is 4.79 Å². The van der Waals surface area contributed by atoms with Crippen molar-refractivity contribution in [1.29, 1.82) is 0 Å². The largest absolute Gasteiger partial charge is 0.294 e. The lowest BCUT2D eigenvalue weighted by molar-refractivity contribution is 0.0975. The number of Topliss-reactive ketones (excluding diaryl/α,β-unsaturated/α-hetero) is 1. The summed E-state index contributed by atoms with van der Waals surface area (Å²) in [5.74, 6) is 0.473. The van der Waals surface area contributed by atoms with Crippen molar-refractivity contribution in [2.24, 2.45) is 5.92 Å². The molecule has 4 heteroatoms. The fourth-order valence-corrected chi connectivity index (χ4v) is 2.13. The van der Waals surface area contributed by atoms with Gasteiger partial charge in [-0.05, 0) is 24.5 Å². The van der Waals surface area contributed by atoms with Gasteiger partial charge in [0.2, 0.25) is 0 Å². The van der Waals surface area contributed by atoms with E-state index in [2.05, 4.69) is 13.8 Å². The van der Waals surface area contributed by atoms with Gasteiger partial charge >= 0.3 is 0 Å². The Hall–Kier alpha value is -1.16. The highest BCUT2D eigenvalue weighted by molar-refractivity contribution is 7.90. The summed E-state index contributed by atoms with van der Waals surface area (Å²) in [5, 5.41) is 0. The number of carbonyl (C=O) groups is 1. The average molecular weight is 254 g/mol. The number of hydrogen-bond acceptors (Lipinski definition) is 3. The van der Waals surface area contributed by atoms with E-state index in [4.69, 9.17) is 0 Å². The molecule has 3 nitrogen and oxygen atoms in total. The van der Waals surface area contributed by atoms with Gasteiger partial charge in [-0.15, -0.1) is 0 Å². The van der Waals surface area contributed by atoms with E-state index in [0.717, 1.165) is 12.7 Å². The molecule has 0 saturated carbocycles. The predicted molar refractivity (Wildman–Crippen MR) is 68.0 cm³/mol. The zero-order valence-electron chi connectivity index (χ0n) is 10.4. The highest BCUT2D eigenvalue weighted by atomic mass is 32.2. The van der Waals surface area contributed by atoms with Gasteiger partial charge in [-0.1, -0.05) is 26.0 Å². The van der Waals surface area contributed by atoms with Crippen molar-refractivity contribution in [3.05, 3.63) is 29.8 Å². The zero-order chi connectivity index (χ0) is 13.1. The maximum atomic E-state index is 11.8. The Morgan fingerprint density at radius 1 is 1.29 bits per heavy atom. The zero-order valence-corrected chi connectivity index (χ0v) is 11.3. The van der Waals surface area contributed by atoms with Crippen molar-refractivity contribution >= 4 is 15.6 Å². The van der Waals surface area contributed by atoms with E-state index < -0.39 is 9.84 Å². The summed E-state index contributed by atoms with van der Waals surface area (Å²) in [6.07, 6.45) is 2.43. The summed E-state index contributed by atoms with van der Waals surface area (Å²) in [6.45, 7) is 4.11. The molecular weight excluding hydrogens is 236 g/mol. The van der Waals surface area contributed by atoms with Gasteiger partial charge in [0, 0.05) is 18.2 Å². The second kappa shape index (κ2) is 5.45. The van der Waals surface area contributed by atoms with Crippen LogP contribution in [0.1, 0.15) is 37.0 Å². The first-order chi connectivity index (χ1) is 7.80. The quantitative estimate of drug-likeness (QED) is 0.759. The van der Waals surface area contributed by atoms with Crippen LogP contribution in [0, 0.1) is 5.92 Å². The van der Waals surface area contributed by atoms with Crippen molar-refractivity contribution in [3.8, 4) is 0 Å². The highest BCUT2D eigenvalue weighted by Crippen LogP contribution is 2.15. The van der Waals surface area contributed by atoms with E-state index >= 15 is 0 Å². The maximum Gasteiger partial charge on any atom is 0.175 e. The molecule has 0 bridgehead atoms. The van der Waals surface area contributed by atoms with Crippen LogP contribution >= 0.6 is 0 Å². The molecule has 0 aliphatic heterocycles.